The fourth-order valence-corrected chi connectivity index (χ4v) is 1.41. The zero-order valence-electron chi connectivity index (χ0n) is 10.7. The maximum atomic E-state index is 4.32. The Labute approximate surface area is 97.9 Å². The van der Waals surface area contributed by atoms with E-state index >= 15 is 0 Å². The summed E-state index contributed by atoms with van der Waals surface area (Å²) in [6, 6.07) is 0. The minimum Gasteiger partial charge on any atom is -0.353 e. The number of nitrogens with one attached hydrogen (secondary N) is 1. The first-order valence-corrected chi connectivity index (χ1v) is 6.01. The molecule has 90 valence electrons. The van der Waals surface area contributed by atoms with E-state index in [1.54, 1.807) is 0 Å². The summed E-state index contributed by atoms with van der Waals surface area (Å²) in [6.07, 6.45) is 3.70. The highest BCUT2D eigenvalue weighted by Gasteiger charge is 2.00. The normalized spacial score (nSPS) is 10.8. The number of anilines is 1. The predicted molar refractivity (Wildman–Crippen MR) is 66.5 cm³/mol. The fourth-order valence-electron chi connectivity index (χ4n) is 1.41. The number of rotatable bonds is 6. The second kappa shape index (κ2) is 6.40. The third-order valence-electron chi connectivity index (χ3n) is 2.58. The minimum atomic E-state index is 0.646. The van der Waals surface area contributed by atoms with Crippen molar-refractivity contribution in [3.63, 3.8) is 0 Å². The van der Waals surface area contributed by atoms with Crippen molar-refractivity contribution in [2.45, 2.75) is 47.0 Å². The fraction of sp³-hybridized carbons (Fsp3) is 0.750. The van der Waals surface area contributed by atoms with Crippen molar-refractivity contribution < 1.29 is 0 Å². The van der Waals surface area contributed by atoms with Gasteiger partial charge in [-0.2, -0.15) is 5.10 Å². The lowest BCUT2D eigenvalue weighted by Crippen LogP contribution is -2.08. The lowest BCUT2D eigenvalue weighted by Gasteiger charge is -2.06. The largest absolute Gasteiger partial charge is 0.353 e. The second-order valence-corrected chi connectivity index (χ2v) is 4.62. The van der Waals surface area contributed by atoms with Crippen LogP contribution in [0.15, 0.2) is 0 Å². The van der Waals surface area contributed by atoms with Gasteiger partial charge in [0.2, 0.25) is 5.95 Å². The summed E-state index contributed by atoms with van der Waals surface area (Å²) in [4.78, 5) is 4.32. The molecule has 0 aromatic carbocycles. The Balaban J connectivity index is 2.24. The Morgan fingerprint density at radius 3 is 2.44 bits per heavy atom. The van der Waals surface area contributed by atoms with Gasteiger partial charge in [-0.1, -0.05) is 26.7 Å². The topological polar surface area (TPSA) is 50.7 Å². The molecule has 0 radical (unpaired) electrons. The average molecular weight is 222 g/mol. The molecule has 0 unspecified atom stereocenters. The van der Waals surface area contributed by atoms with Gasteiger partial charge in [0, 0.05) is 6.54 Å². The lowest BCUT2D eigenvalue weighted by atomic mass is 10.1. The van der Waals surface area contributed by atoms with Crippen molar-refractivity contribution in [1.29, 1.82) is 0 Å². The molecule has 1 aromatic heterocycles. The highest BCUT2D eigenvalue weighted by atomic mass is 15.2. The molecule has 0 saturated carbocycles. The van der Waals surface area contributed by atoms with Gasteiger partial charge >= 0.3 is 0 Å². The van der Waals surface area contributed by atoms with Crippen LogP contribution in [0.5, 0.6) is 0 Å². The summed E-state index contributed by atoms with van der Waals surface area (Å²) in [5.41, 5.74) is 1.84. The van der Waals surface area contributed by atoms with E-state index in [4.69, 9.17) is 0 Å². The SMILES string of the molecule is Cc1nnc(NCCCCC(C)C)nc1C. The molecule has 0 spiro atoms. The Morgan fingerprint density at radius 1 is 1.06 bits per heavy atom. The molecule has 0 fully saturated rings. The van der Waals surface area contributed by atoms with E-state index in [0.29, 0.717) is 5.95 Å². The third-order valence-corrected chi connectivity index (χ3v) is 2.58. The Hall–Kier alpha value is -1.19. The molecule has 1 aromatic rings. The van der Waals surface area contributed by atoms with Gasteiger partial charge in [-0.05, 0) is 26.2 Å². The van der Waals surface area contributed by atoms with Crippen molar-refractivity contribution in [3.8, 4) is 0 Å². The lowest BCUT2D eigenvalue weighted by molar-refractivity contribution is 0.544. The van der Waals surface area contributed by atoms with E-state index < -0.39 is 0 Å². The molecular weight excluding hydrogens is 200 g/mol. The van der Waals surface area contributed by atoms with Crippen LogP contribution in [0, 0.1) is 19.8 Å². The Morgan fingerprint density at radius 2 is 1.81 bits per heavy atom. The average Bonchev–Trinajstić information content (AvgIpc) is 2.22. The maximum Gasteiger partial charge on any atom is 0.242 e. The van der Waals surface area contributed by atoms with Crippen LogP contribution in [-0.4, -0.2) is 21.7 Å². The first kappa shape index (κ1) is 12.9. The molecule has 0 aliphatic rings. The van der Waals surface area contributed by atoms with Crippen LogP contribution in [0.25, 0.3) is 0 Å². The summed E-state index contributed by atoms with van der Waals surface area (Å²) in [6.45, 7) is 9.31. The first-order valence-electron chi connectivity index (χ1n) is 6.01. The zero-order chi connectivity index (χ0) is 12.0. The van der Waals surface area contributed by atoms with Gasteiger partial charge in [-0.25, -0.2) is 4.98 Å². The van der Waals surface area contributed by atoms with Gasteiger partial charge in [0.05, 0.1) is 11.4 Å². The maximum absolute atomic E-state index is 4.32. The van der Waals surface area contributed by atoms with E-state index in [1.165, 1.54) is 12.8 Å². The predicted octanol–water partition coefficient (Wildman–Crippen LogP) is 2.73. The molecule has 1 rings (SSSR count). The molecule has 0 bridgehead atoms. The standard InChI is InChI=1S/C12H22N4/c1-9(2)7-5-6-8-13-12-14-10(3)11(4)15-16-12/h9H,5-8H2,1-4H3,(H,13,14,16). The number of unbranched alkanes of at least 4 members (excludes halogenated alkanes) is 1. The van der Waals surface area contributed by atoms with Gasteiger partial charge in [0.15, 0.2) is 0 Å². The van der Waals surface area contributed by atoms with Crippen LogP contribution in [-0.2, 0) is 0 Å². The molecular formula is C12H22N4. The summed E-state index contributed by atoms with van der Waals surface area (Å²) in [7, 11) is 0. The van der Waals surface area contributed by atoms with E-state index in [1.807, 2.05) is 13.8 Å². The van der Waals surface area contributed by atoms with Crippen molar-refractivity contribution >= 4 is 5.95 Å². The number of hydrogen-bond acceptors (Lipinski definition) is 4. The first-order chi connectivity index (χ1) is 7.59. The van der Waals surface area contributed by atoms with E-state index in [0.717, 1.165) is 30.3 Å². The van der Waals surface area contributed by atoms with Crippen molar-refractivity contribution in [2.75, 3.05) is 11.9 Å². The molecule has 4 heteroatoms. The van der Waals surface area contributed by atoms with E-state index in [9.17, 15) is 0 Å². The summed E-state index contributed by atoms with van der Waals surface area (Å²) in [5.74, 6) is 1.44. The zero-order valence-corrected chi connectivity index (χ0v) is 10.7. The van der Waals surface area contributed by atoms with Crippen molar-refractivity contribution in [2.24, 2.45) is 5.92 Å². The van der Waals surface area contributed by atoms with Gasteiger partial charge in [-0.3, -0.25) is 0 Å². The van der Waals surface area contributed by atoms with E-state index in [-0.39, 0.29) is 0 Å². The molecule has 16 heavy (non-hydrogen) atoms. The van der Waals surface area contributed by atoms with Crippen LogP contribution in [0.3, 0.4) is 0 Å². The van der Waals surface area contributed by atoms with Crippen LogP contribution < -0.4 is 5.32 Å². The second-order valence-electron chi connectivity index (χ2n) is 4.62. The van der Waals surface area contributed by atoms with Crippen molar-refractivity contribution in [1.82, 2.24) is 15.2 Å². The highest BCUT2D eigenvalue weighted by Crippen LogP contribution is 2.07. The Kier molecular flexibility index (Phi) is 5.15. The van der Waals surface area contributed by atoms with Gasteiger partial charge in [0.1, 0.15) is 0 Å². The number of nitrogens with zero attached hydrogens (tertiary/aromatic N) is 3. The summed E-state index contributed by atoms with van der Waals surface area (Å²) in [5, 5.41) is 11.2. The molecule has 0 amide bonds. The van der Waals surface area contributed by atoms with Crippen LogP contribution in [0.1, 0.15) is 44.5 Å². The van der Waals surface area contributed by atoms with Crippen molar-refractivity contribution in [3.05, 3.63) is 11.4 Å². The third kappa shape index (κ3) is 4.55. The molecule has 0 aliphatic heterocycles. The molecule has 4 nitrogen and oxygen atoms in total. The molecule has 1 N–H and O–H groups in total. The van der Waals surface area contributed by atoms with Gasteiger partial charge in [0.25, 0.3) is 0 Å². The summed E-state index contributed by atoms with van der Waals surface area (Å²) >= 11 is 0. The smallest absolute Gasteiger partial charge is 0.242 e. The number of hydrogen-bond donors (Lipinski definition) is 1. The number of aryl methyl sites for hydroxylation is 2. The van der Waals surface area contributed by atoms with Crippen LogP contribution in [0.2, 0.25) is 0 Å². The highest BCUT2D eigenvalue weighted by molar-refractivity contribution is 5.24. The quantitative estimate of drug-likeness (QED) is 0.752. The minimum absolute atomic E-state index is 0.646. The monoisotopic (exact) mass is 222 g/mol. The van der Waals surface area contributed by atoms with E-state index in [2.05, 4.69) is 34.3 Å². The number of aromatic nitrogens is 3. The van der Waals surface area contributed by atoms with Crippen LogP contribution >= 0.6 is 0 Å². The molecule has 0 saturated heterocycles. The van der Waals surface area contributed by atoms with Gasteiger partial charge in [-0.15, -0.1) is 5.10 Å². The molecule has 0 aliphatic carbocycles. The Bertz CT molecular complexity index is 323. The van der Waals surface area contributed by atoms with Crippen LogP contribution in [0.4, 0.5) is 5.95 Å². The molecule has 0 atom stereocenters. The molecule has 1 heterocycles. The summed E-state index contributed by atoms with van der Waals surface area (Å²) < 4.78 is 0. The van der Waals surface area contributed by atoms with Gasteiger partial charge < -0.3 is 5.32 Å².